The molecule has 0 bridgehead atoms. The van der Waals surface area contributed by atoms with E-state index in [9.17, 15) is 121 Å². The number of aliphatic hydroxyl groups excluding tert-OH is 1. The van der Waals surface area contributed by atoms with Gasteiger partial charge in [-0.1, -0.05) is 60.1 Å². The molecule has 0 saturated carbocycles. The average molecular weight is 1810 g/mol. The highest BCUT2D eigenvalue weighted by Gasteiger charge is 2.40. The van der Waals surface area contributed by atoms with Crippen LogP contribution in [0.2, 0.25) is 0 Å². The first kappa shape index (κ1) is 113. The maximum absolute atomic E-state index is 14.8. The summed E-state index contributed by atoms with van der Waals surface area (Å²) in [6.45, 7) is 16.2. The summed E-state index contributed by atoms with van der Waals surface area (Å²) in [5.74, 6) is -24.6. The second-order valence-corrected chi connectivity index (χ2v) is 31.9. The molecule has 0 saturated heterocycles. The van der Waals surface area contributed by atoms with Crippen molar-refractivity contribution in [3.05, 3.63) is 29.8 Å². The summed E-state index contributed by atoms with van der Waals surface area (Å²) in [7, 11) is 0. The van der Waals surface area contributed by atoms with Crippen molar-refractivity contribution in [2.45, 2.75) is 295 Å². The number of carbonyl (C=O) groups excluding carboxylic acids is 17. The highest BCUT2D eigenvalue weighted by Crippen LogP contribution is 2.18. The number of hydrogen-bond acceptors (Lipinski definition) is 26. The lowest BCUT2D eigenvalue weighted by molar-refractivity contribution is -0.143. The molecule has 714 valence electrons. The van der Waals surface area contributed by atoms with Gasteiger partial charge in [0.05, 0.1) is 25.0 Å². The van der Waals surface area contributed by atoms with Crippen molar-refractivity contribution in [2.75, 3.05) is 19.6 Å². The Balaban J connectivity index is 3.67. The Kier molecular flexibility index (Phi) is 51.3. The first-order valence-corrected chi connectivity index (χ1v) is 41.8. The SMILES string of the molecule is CC[C@H](C)[C@H](NC(=O)[C@H](CC(C)C)NC(=O)[C@H](CC(=O)O)NC(=O)[C@H](C)NC(=O)[C@H](CCCNC(=N)N)NC(=O)[C@H](CCC(=O)O)NC(=O)[C@H](CC(N)=O)NC(=O)[C@H](C)N)C(=O)N[C@@H](C)C(=O)N[C@@H](Cc1ccc(O)cc1)C(=O)N[C@@H](CC(C)C)C(=O)N[C@@H](CCCCN)C(=O)N[C@@H](CCC(N)=O)C(=O)N[C@@H](C)C(=O)N[C@H](C(=O)N[C@@H](CCCCN)C(=O)O)[C@@H](C)O. The minimum atomic E-state index is -2.00. The van der Waals surface area contributed by atoms with Gasteiger partial charge in [0.2, 0.25) is 100 Å². The minimum absolute atomic E-state index is 0.0272. The Morgan fingerprint density at radius 2 is 0.717 bits per heavy atom. The molecule has 0 aliphatic rings. The van der Waals surface area contributed by atoms with Gasteiger partial charge in [0.1, 0.15) is 96.4 Å². The third-order valence-corrected chi connectivity index (χ3v) is 19.6. The summed E-state index contributed by atoms with van der Waals surface area (Å²) in [6.07, 6.45) is -5.50. The fourth-order valence-corrected chi connectivity index (χ4v) is 12.2. The molecular weight excluding hydrogens is 1670 g/mol. The highest BCUT2D eigenvalue weighted by molar-refractivity contribution is 6.02. The van der Waals surface area contributed by atoms with E-state index in [0.717, 1.165) is 13.8 Å². The van der Waals surface area contributed by atoms with E-state index in [-0.39, 0.29) is 89.1 Å². The van der Waals surface area contributed by atoms with Crippen molar-refractivity contribution in [3.8, 4) is 5.75 Å². The number of carbonyl (C=O) groups is 20. The number of aliphatic hydroxyl groups is 1. The van der Waals surface area contributed by atoms with Crippen LogP contribution in [0.25, 0.3) is 0 Å². The van der Waals surface area contributed by atoms with Gasteiger partial charge in [0.25, 0.3) is 0 Å². The van der Waals surface area contributed by atoms with Gasteiger partial charge in [-0.25, -0.2) is 4.79 Å². The lowest BCUT2D eigenvalue weighted by atomic mass is 9.96. The molecular formula is C79H133N23O25. The molecule has 48 heteroatoms. The molecule has 1 aromatic carbocycles. The summed E-state index contributed by atoms with van der Waals surface area (Å²) >= 11 is 0. The molecule has 34 N–H and O–H groups in total. The predicted octanol–water partition coefficient (Wildman–Crippen LogP) is -7.78. The molecule has 0 unspecified atom stereocenters. The van der Waals surface area contributed by atoms with Crippen molar-refractivity contribution in [2.24, 2.45) is 52.2 Å². The standard InChI is InChI=1S/C79H133N23O25/c1-12-39(6)61(101-75(123)53(33-38(4)5)100-74(122)56(36-60(109)110)98-64(112)41(8)88-67(115)48(20-17-31-87-79(85)86)91-70(118)50(26-28-59(107)108)94-73(121)55(35-58(84)106)96-63(111)40(7)82)76(124)90-42(9)65(113)97-54(34-45-21-23-46(104)24-22-45)72(120)99-52(32-37(2)3)71(119)92-47(18-13-15-29-80)69(117)93-49(25-27-57(83)105)68(116)89-43(10)66(114)102-62(44(11)103)77(125)95-51(78(126)127)19-14-16-30-81/h21-24,37-44,47-56,61-62,103-104H,12-20,25-36,80-82H2,1-11H3,(H2,83,105)(H2,84,106)(H,88,115)(H,89,116)(H,90,124)(H,91,118)(H,92,119)(H,93,117)(H,94,121)(H,95,125)(H,96,111)(H,97,113)(H,98,112)(H,99,120)(H,100,122)(H,101,123)(H,102,114)(H,107,108)(H,109,110)(H,126,127)(H4,85,86,87)/t39-,40-,41-,42-,43-,44+,47-,48-,49-,50-,51-,52-,53-,54-,55-,56-,61-,62-/m0/s1. The van der Waals surface area contributed by atoms with Gasteiger partial charge in [-0.15, -0.1) is 0 Å². The fraction of sp³-hybridized carbons (Fsp3) is 0.658. The number of amides is 17. The predicted molar refractivity (Wildman–Crippen MR) is 455 cm³/mol. The Labute approximate surface area is 735 Å². The third-order valence-electron chi connectivity index (χ3n) is 19.6. The molecule has 0 aliphatic carbocycles. The van der Waals surface area contributed by atoms with Crippen molar-refractivity contribution in [1.82, 2.24) is 85.1 Å². The van der Waals surface area contributed by atoms with Crippen molar-refractivity contribution >= 4 is 124 Å². The maximum atomic E-state index is 14.8. The molecule has 1 aromatic rings. The fourth-order valence-electron chi connectivity index (χ4n) is 12.2. The first-order valence-electron chi connectivity index (χ1n) is 41.8. The van der Waals surface area contributed by atoms with Crippen LogP contribution in [0.3, 0.4) is 0 Å². The summed E-state index contributed by atoms with van der Waals surface area (Å²) in [4.78, 5) is 270. The summed E-state index contributed by atoms with van der Waals surface area (Å²) in [5.41, 5.74) is 33.4. The zero-order chi connectivity index (χ0) is 96.8. The number of primary amides is 2. The quantitative estimate of drug-likeness (QED) is 0.0164. The van der Waals surface area contributed by atoms with Crippen LogP contribution < -0.4 is 119 Å². The minimum Gasteiger partial charge on any atom is -0.508 e. The second-order valence-electron chi connectivity index (χ2n) is 31.9. The van der Waals surface area contributed by atoms with Crippen LogP contribution >= 0.6 is 0 Å². The maximum Gasteiger partial charge on any atom is 0.326 e. The van der Waals surface area contributed by atoms with Crippen LogP contribution in [-0.2, 0) is 102 Å². The monoisotopic (exact) mass is 1800 g/mol. The number of benzene rings is 1. The summed E-state index contributed by atoms with van der Waals surface area (Å²) < 4.78 is 0. The van der Waals surface area contributed by atoms with Gasteiger partial charge >= 0.3 is 17.9 Å². The number of phenols is 1. The summed E-state index contributed by atoms with van der Waals surface area (Å²) in [5, 5.41) is 96.1. The molecule has 1 rings (SSSR count). The highest BCUT2D eigenvalue weighted by atomic mass is 16.4. The Morgan fingerprint density at radius 1 is 0.370 bits per heavy atom. The van der Waals surface area contributed by atoms with E-state index < -0.39 is 277 Å². The normalized spacial score (nSPS) is 15.4. The van der Waals surface area contributed by atoms with E-state index in [1.165, 1.54) is 45.0 Å². The van der Waals surface area contributed by atoms with E-state index in [2.05, 4.69) is 85.1 Å². The number of phenolic OH excluding ortho intramolecular Hbond substituents is 1. The molecule has 0 spiro atoms. The van der Waals surface area contributed by atoms with E-state index in [4.69, 9.17) is 39.8 Å². The van der Waals surface area contributed by atoms with Gasteiger partial charge in [-0.2, -0.15) is 0 Å². The van der Waals surface area contributed by atoms with E-state index >= 15 is 0 Å². The second kappa shape index (κ2) is 57.9. The van der Waals surface area contributed by atoms with Gasteiger partial charge in [-0.05, 0) is 160 Å². The molecule has 127 heavy (non-hydrogen) atoms. The van der Waals surface area contributed by atoms with Crippen LogP contribution in [0.15, 0.2) is 24.3 Å². The van der Waals surface area contributed by atoms with Gasteiger partial charge < -0.3 is 145 Å². The number of guanidine groups is 1. The molecule has 17 amide bonds. The lowest BCUT2D eigenvalue weighted by Crippen LogP contribution is -2.61. The number of carboxylic acids is 3. The third kappa shape index (κ3) is 44.3. The van der Waals surface area contributed by atoms with E-state index in [1.54, 1.807) is 41.5 Å². The number of nitrogens with one attached hydrogen (secondary N) is 17. The smallest absolute Gasteiger partial charge is 0.326 e. The van der Waals surface area contributed by atoms with Crippen LogP contribution in [0, 0.1) is 23.2 Å². The number of nitrogens with two attached hydrogens (primary N) is 6. The van der Waals surface area contributed by atoms with Gasteiger partial charge in [0, 0.05) is 25.8 Å². The largest absolute Gasteiger partial charge is 0.508 e. The average Bonchev–Trinajstić information content (AvgIpc) is 0.844. The number of aliphatic carboxylic acids is 3. The number of carboxylic acid groups (broad SMARTS) is 3. The molecule has 48 nitrogen and oxygen atoms in total. The summed E-state index contributed by atoms with van der Waals surface area (Å²) in [6, 6.07) is -20.1. The number of aromatic hydroxyl groups is 1. The van der Waals surface area contributed by atoms with Crippen LogP contribution in [0.1, 0.15) is 191 Å². The first-order chi connectivity index (χ1) is 59.4. The number of hydrogen-bond donors (Lipinski definition) is 28. The topological polar surface area (TPSA) is 815 Å². The van der Waals surface area contributed by atoms with E-state index in [1.807, 2.05) is 0 Å². The van der Waals surface area contributed by atoms with Crippen molar-refractivity contribution in [3.63, 3.8) is 0 Å². The number of rotatable bonds is 62. The zero-order valence-corrected chi connectivity index (χ0v) is 73.6. The Morgan fingerprint density at radius 3 is 1.13 bits per heavy atom. The molecule has 0 fully saturated rings. The molecule has 0 radical (unpaired) electrons. The molecule has 0 aromatic heterocycles. The van der Waals surface area contributed by atoms with Gasteiger partial charge in [-0.3, -0.25) is 96.5 Å². The van der Waals surface area contributed by atoms with Crippen LogP contribution in [-0.4, -0.2) is 272 Å². The Bertz CT molecular complexity index is 3930. The van der Waals surface area contributed by atoms with Gasteiger partial charge in [0.15, 0.2) is 5.96 Å². The molecule has 18 atom stereocenters. The van der Waals surface area contributed by atoms with Crippen molar-refractivity contribution < 1.29 is 121 Å². The number of unbranched alkanes of at least 4 members (excludes halogenated alkanes) is 2. The molecule has 0 heterocycles. The van der Waals surface area contributed by atoms with Crippen molar-refractivity contribution in [1.29, 1.82) is 5.41 Å². The Hall–Kier alpha value is -12.5. The lowest BCUT2D eigenvalue weighted by Gasteiger charge is -2.29. The van der Waals surface area contributed by atoms with Crippen LogP contribution in [0.4, 0.5) is 0 Å². The van der Waals surface area contributed by atoms with Crippen LogP contribution in [0.5, 0.6) is 5.75 Å². The molecule has 0 aliphatic heterocycles. The zero-order valence-electron chi connectivity index (χ0n) is 73.6. The van der Waals surface area contributed by atoms with E-state index in [0.29, 0.717) is 24.8 Å².